The van der Waals surface area contributed by atoms with Crippen LogP contribution in [0, 0.1) is 11.3 Å². The standard InChI is InChI=1S/C13H18N4/c1-13(2,9-14)17-12-15-7-11(8-16-12)10-5-3-4-6-10/h7-8,10H,3-6H2,1-2H3,(H,15,16,17). The Balaban J connectivity index is 2.05. The van der Waals surface area contributed by atoms with Gasteiger partial charge in [0.25, 0.3) is 0 Å². The zero-order chi connectivity index (χ0) is 12.3. The second-order valence-corrected chi connectivity index (χ2v) is 5.18. The number of anilines is 1. The van der Waals surface area contributed by atoms with E-state index < -0.39 is 5.54 Å². The van der Waals surface area contributed by atoms with Crippen molar-refractivity contribution in [3.8, 4) is 6.07 Å². The first kappa shape index (κ1) is 11.8. The van der Waals surface area contributed by atoms with Crippen LogP contribution in [0.25, 0.3) is 0 Å². The molecule has 4 nitrogen and oxygen atoms in total. The smallest absolute Gasteiger partial charge is 0.223 e. The van der Waals surface area contributed by atoms with Crippen LogP contribution in [0.1, 0.15) is 51.0 Å². The fraction of sp³-hybridized carbons (Fsp3) is 0.615. The van der Waals surface area contributed by atoms with E-state index in [4.69, 9.17) is 5.26 Å². The quantitative estimate of drug-likeness (QED) is 0.867. The predicted octanol–water partition coefficient (Wildman–Crippen LogP) is 2.85. The summed E-state index contributed by atoms with van der Waals surface area (Å²) >= 11 is 0. The molecule has 0 amide bonds. The van der Waals surface area contributed by atoms with Crippen molar-refractivity contribution in [2.75, 3.05) is 5.32 Å². The van der Waals surface area contributed by atoms with Gasteiger partial charge in [-0.1, -0.05) is 12.8 Å². The maximum absolute atomic E-state index is 8.91. The van der Waals surface area contributed by atoms with Crippen molar-refractivity contribution >= 4 is 5.95 Å². The summed E-state index contributed by atoms with van der Waals surface area (Å²) in [7, 11) is 0. The Hall–Kier alpha value is -1.63. The van der Waals surface area contributed by atoms with E-state index >= 15 is 0 Å². The van der Waals surface area contributed by atoms with Crippen LogP contribution < -0.4 is 5.32 Å². The Morgan fingerprint density at radius 2 is 1.88 bits per heavy atom. The van der Waals surface area contributed by atoms with Crippen molar-refractivity contribution in [3.63, 3.8) is 0 Å². The van der Waals surface area contributed by atoms with Crippen LogP contribution in [-0.4, -0.2) is 15.5 Å². The van der Waals surface area contributed by atoms with Crippen molar-refractivity contribution < 1.29 is 0 Å². The maximum atomic E-state index is 8.91. The molecule has 1 fully saturated rings. The summed E-state index contributed by atoms with van der Waals surface area (Å²) in [5.41, 5.74) is 0.595. The van der Waals surface area contributed by atoms with Crippen LogP contribution in [0.15, 0.2) is 12.4 Å². The molecular formula is C13H18N4. The zero-order valence-electron chi connectivity index (χ0n) is 10.4. The monoisotopic (exact) mass is 230 g/mol. The van der Waals surface area contributed by atoms with Crippen LogP contribution in [0.4, 0.5) is 5.95 Å². The van der Waals surface area contributed by atoms with E-state index in [1.807, 2.05) is 12.4 Å². The van der Waals surface area contributed by atoms with Gasteiger partial charge in [0.1, 0.15) is 5.54 Å². The molecule has 2 rings (SSSR count). The Kier molecular flexibility index (Phi) is 3.28. The molecule has 1 saturated carbocycles. The Bertz CT molecular complexity index is 410. The van der Waals surface area contributed by atoms with Gasteiger partial charge < -0.3 is 5.32 Å². The third kappa shape index (κ3) is 2.94. The van der Waals surface area contributed by atoms with E-state index in [9.17, 15) is 0 Å². The predicted molar refractivity (Wildman–Crippen MR) is 66.6 cm³/mol. The summed E-state index contributed by atoms with van der Waals surface area (Å²) in [6.07, 6.45) is 8.90. The van der Waals surface area contributed by atoms with E-state index in [2.05, 4.69) is 21.4 Å². The number of nitriles is 1. The molecule has 90 valence electrons. The van der Waals surface area contributed by atoms with Crippen molar-refractivity contribution in [2.24, 2.45) is 0 Å². The number of nitrogens with zero attached hydrogens (tertiary/aromatic N) is 3. The van der Waals surface area contributed by atoms with Crippen molar-refractivity contribution in [1.29, 1.82) is 5.26 Å². The molecule has 0 spiro atoms. The van der Waals surface area contributed by atoms with Gasteiger partial charge in [-0.2, -0.15) is 5.26 Å². The molecule has 0 aliphatic heterocycles. The molecule has 0 bridgehead atoms. The number of nitrogens with one attached hydrogen (secondary N) is 1. The minimum atomic E-state index is -0.630. The molecule has 0 unspecified atom stereocenters. The van der Waals surface area contributed by atoms with Crippen LogP contribution in [0.5, 0.6) is 0 Å². The fourth-order valence-electron chi connectivity index (χ4n) is 2.18. The van der Waals surface area contributed by atoms with Crippen molar-refractivity contribution in [2.45, 2.75) is 51.0 Å². The molecule has 1 N–H and O–H groups in total. The van der Waals surface area contributed by atoms with E-state index in [1.54, 1.807) is 13.8 Å². The zero-order valence-corrected chi connectivity index (χ0v) is 10.4. The van der Waals surface area contributed by atoms with Gasteiger partial charge in [0.2, 0.25) is 5.95 Å². The topological polar surface area (TPSA) is 61.6 Å². The third-order valence-corrected chi connectivity index (χ3v) is 3.20. The normalized spacial score (nSPS) is 16.8. The van der Waals surface area contributed by atoms with E-state index in [0.717, 1.165) is 0 Å². The lowest BCUT2D eigenvalue weighted by molar-refractivity contribution is 0.700. The average Bonchev–Trinajstić information content (AvgIpc) is 2.83. The van der Waals surface area contributed by atoms with Crippen molar-refractivity contribution in [3.05, 3.63) is 18.0 Å². The molecule has 1 aromatic rings. The molecule has 0 aromatic carbocycles. The third-order valence-electron chi connectivity index (χ3n) is 3.20. The molecule has 0 radical (unpaired) electrons. The van der Waals surface area contributed by atoms with E-state index in [-0.39, 0.29) is 0 Å². The number of hydrogen-bond acceptors (Lipinski definition) is 4. The summed E-state index contributed by atoms with van der Waals surface area (Å²) in [6, 6.07) is 2.17. The van der Waals surface area contributed by atoms with E-state index in [0.29, 0.717) is 11.9 Å². The second-order valence-electron chi connectivity index (χ2n) is 5.18. The SMILES string of the molecule is CC(C)(C#N)Nc1ncc(C2CCCC2)cn1. The lowest BCUT2D eigenvalue weighted by Gasteiger charge is -2.17. The first-order valence-corrected chi connectivity index (χ1v) is 6.12. The molecule has 1 aromatic heterocycles. The van der Waals surface area contributed by atoms with Gasteiger partial charge in [0, 0.05) is 12.4 Å². The van der Waals surface area contributed by atoms with Gasteiger partial charge in [-0.05, 0) is 38.2 Å². The number of rotatable bonds is 3. The lowest BCUT2D eigenvalue weighted by Crippen LogP contribution is -2.29. The Morgan fingerprint density at radius 3 is 2.41 bits per heavy atom. The van der Waals surface area contributed by atoms with Gasteiger partial charge in [0.05, 0.1) is 6.07 Å². The first-order valence-electron chi connectivity index (χ1n) is 6.12. The maximum Gasteiger partial charge on any atom is 0.223 e. The Morgan fingerprint density at radius 1 is 1.29 bits per heavy atom. The molecule has 1 heterocycles. The van der Waals surface area contributed by atoms with E-state index in [1.165, 1.54) is 31.2 Å². The molecule has 1 aliphatic carbocycles. The summed E-state index contributed by atoms with van der Waals surface area (Å²) in [6.45, 7) is 3.61. The molecular weight excluding hydrogens is 212 g/mol. The minimum absolute atomic E-state index is 0.526. The van der Waals surface area contributed by atoms with Gasteiger partial charge in [0.15, 0.2) is 0 Å². The summed E-state index contributed by atoms with van der Waals surface area (Å²) in [4.78, 5) is 8.57. The van der Waals surface area contributed by atoms with Crippen molar-refractivity contribution in [1.82, 2.24) is 9.97 Å². The highest BCUT2D eigenvalue weighted by Crippen LogP contribution is 2.33. The highest BCUT2D eigenvalue weighted by molar-refractivity contribution is 5.33. The molecule has 0 saturated heterocycles. The summed E-state index contributed by atoms with van der Waals surface area (Å²) in [5, 5.41) is 11.9. The number of hydrogen-bond donors (Lipinski definition) is 1. The molecule has 17 heavy (non-hydrogen) atoms. The Labute approximate surface area is 102 Å². The fourth-order valence-corrected chi connectivity index (χ4v) is 2.18. The first-order chi connectivity index (χ1) is 8.11. The van der Waals surface area contributed by atoms with Crippen LogP contribution in [0.3, 0.4) is 0 Å². The lowest BCUT2D eigenvalue weighted by atomic mass is 10.0. The second kappa shape index (κ2) is 4.70. The van der Waals surface area contributed by atoms with Crippen LogP contribution >= 0.6 is 0 Å². The van der Waals surface area contributed by atoms with Crippen LogP contribution in [0.2, 0.25) is 0 Å². The van der Waals surface area contributed by atoms with Gasteiger partial charge in [-0.15, -0.1) is 0 Å². The summed E-state index contributed by atoms with van der Waals surface area (Å²) < 4.78 is 0. The largest absolute Gasteiger partial charge is 0.336 e. The molecule has 0 atom stereocenters. The molecule has 4 heteroatoms. The van der Waals surface area contributed by atoms with Gasteiger partial charge in [-0.25, -0.2) is 9.97 Å². The summed E-state index contributed by atoms with van der Waals surface area (Å²) in [5.74, 6) is 1.16. The van der Waals surface area contributed by atoms with Crippen LogP contribution in [-0.2, 0) is 0 Å². The minimum Gasteiger partial charge on any atom is -0.336 e. The average molecular weight is 230 g/mol. The van der Waals surface area contributed by atoms with Gasteiger partial charge >= 0.3 is 0 Å². The molecule has 1 aliphatic rings. The highest BCUT2D eigenvalue weighted by atomic mass is 15.1. The highest BCUT2D eigenvalue weighted by Gasteiger charge is 2.19. The van der Waals surface area contributed by atoms with Gasteiger partial charge in [-0.3, -0.25) is 0 Å². The number of aromatic nitrogens is 2.